The van der Waals surface area contributed by atoms with Crippen LogP contribution in [0.4, 0.5) is 0 Å². The first kappa shape index (κ1) is 14.4. The molecule has 3 N–H and O–H groups in total. The van der Waals surface area contributed by atoms with Gasteiger partial charge in [0.15, 0.2) is 5.84 Å². The van der Waals surface area contributed by atoms with Gasteiger partial charge in [0.25, 0.3) is 0 Å². The highest BCUT2D eigenvalue weighted by atomic mass is 79.9. The molecule has 0 bridgehead atoms. The standard InChI is InChI=1S/C15H15BrN2O2/c1-10(11-5-3-2-4-6-11)20-14-8-7-12(9-13(14)16)15(17)18-19/h2-10,19H,1H3,(H2,17,18). The molecule has 0 aliphatic rings. The lowest BCUT2D eigenvalue weighted by molar-refractivity contribution is 0.225. The van der Waals surface area contributed by atoms with Crippen LogP contribution < -0.4 is 10.5 Å². The van der Waals surface area contributed by atoms with Crippen LogP contribution in [0, 0.1) is 0 Å². The molecule has 0 aliphatic carbocycles. The van der Waals surface area contributed by atoms with Gasteiger partial charge < -0.3 is 15.7 Å². The Kier molecular flexibility index (Phi) is 4.63. The third kappa shape index (κ3) is 3.30. The molecule has 1 atom stereocenters. The van der Waals surface area contributed by atoms with Crippen molar-refractivity contribution in [1.29, 1.82) is 0 Å². The zero-order valence-electron chi connectivity index (χ0n) is 11.0. The second kappa shape index (κ2) is 6.43. The van der Waals surface area contributed by atoms with Crippen molar-refractivity contribution in [3.8, 4) is 5.75 Å². The Hall–Kier alpha value is -2.01. The van der Waals surface area contributed by atoms with Gasteiger partial charge in [-0.05, 0) is 46.6 Å². The number of rotatable bonds is 4. The number of oxime groups is 1. The predicted octanol–water partition coefficient (Wildman–Crippen LogP) is 3.68. The normalized spacial score (nSPS) is 13.0. The fraction of sp³-hybridized carbons (Fsp3) is 0.133. The molecule has 2 rings (SSSR count). The monoisotopic (exact) mass is 334 g/mol. The van der Waals surface area contributed by atoms with Gasteiger partial charge >= 0.3 is 0 Å². The number of amidine groups is 1. The van der Waals surface area contributed by atoms with Gasteiger partial charge in [0, 0.05) is 5.56 Å². The van der Waals surface area contributed by atoms with Crippen LogP contribution >= 0.6 is 15.9 Å². The Morgan fingerprint density at radius 3 is 2.55 bits per heavy atom. The highest BCUT2D eigenvalue weighted by Crippen LogP contribution is 2.30. The maximum atomic E-state index is 8.66. The molecule has 20 heavy (non-hydrogen) atoms. The Balaban J connectivity index is 2.18. The molecule has 104 valence electrons. The molecule has 0 amide bonds. The Bertz CT molecular complexity index is 615. The van der Waals surface area contributed by atoms with E-state index < -0.39 is 0 Å². The minimum atomic E-state index is -0.0674. The van der Waals surface area contributed by atoms with E-state index in [4.69, 9.17) is 15.7 Å². The topological polar surface area (TPSA) is 67.8 Å². The Labute approximate surface area is 126 Å². The van der Waals surface area contributed by atoms with Crippen LogP contribution in [0.5, 0.6) is 5.75 Å². The summed E-state index contributed by atoms with van der Waals surface area (Å²) in [5.74, 6) is 0.768. The summed E-state index contributed by atoms with van der Waals surface area (Å²) in [6.45, 7) is 1.99. The van der Waals surface area contributed by atoms with Crippen molar-refractivity contribution in [3.63, 3.8) is 0 Å². The maximum Gasteiger partial charge on any atom is 0.170 e. The third-order valence-electron chi connectivity index (χ3n) is 2.91. The number of ether oxygens (including phenoxy) is 1. The second-order valence-corrected chi connectivity index (χ2v) is 5.16. The molecule has 0 saturated carbocycles. The van der Waals surface area contributed by atoms with Gasteiger partial charge in [-0.15, -0.1) is 0 Å². The highest BCUT2D eigenvalue weighted by Gasteiger charge is 2.10. The van der Waals surface area contributed by atoms with Crippen LogP contribution in [0.3, 0.4) is 0 Å². The quantitative estimate of drug-likeness (QED) is 0.388. The summed E-state index contributed by atoms with van der Waals surface area (Å²) in [5.41, 5.74) is 7.27. The van der Waals surface area contributed by atoms with Crippen LogP contribution in [0.1, 0.15) is 24.2 Å². The van der Waals surface area contributed by atoms with Crippen molar-refractivity contribution in [2.45, 2.75) is 13.0 Å². The van der Waals surface area contributed by atoms with E-state index in [1.165, 1.54) is 0 Å². The van der Waals surface area contributed by atoms with Crippen molar-refractivity contribution < 1.29 is 9.94 Å². The first-order valence-electron chi connectivity index (χ1n) is 6.11. The third-order valence-corrected chi connectivity index (χ3v) is 3.53. The summed E-state index contributed by atoms with van der Waals surface area (Å²) < 4.78 is 6.66. The van der Waals surface area contributed by atoms with E-state index in [-0.39, 0.29) is 11.9 Å². The van der Waals surface area contributed by atoms with Gasteiger partial charge in [0.2, 0.25) is 0 Å². The van der Waals surface area contributed by atoms with E-state index in [1.54, 1.807) is 18.2 Å². The van der Waals surface area contributed by atoms with Gasteiger partial charge in [-0.1, -0.05) is 35.5 Å². The van der Waals surface area contributed by atoms with Crippen LogP contribution in [0.25, 0.3) is 0 Å². The molecule has 5 heteroatoms. The van der Waals surface area contributed by atoms with Crippen LogP contribution in [-0.4, -0.2) is 11.0 Å². The van der Waals surface area contributed by atoms with Crippen molar-refractivity contribution >= 4 is 21.8 Å². The fourth-order valence-corrected chi connectivity index (χ4v) is 2.27. The van der Waals surface area contributed by atoms with E-state index in [9.17, 15) is 0 Å². The molecule has 2 aromatic rings. The van der Waals surface area contributed by atoms with Crippen molar-refractivity contribution in [3.05, 3.63) is 64.1 Å². The summed E-state index contributed by atoms with van der Waals surface area (Å²) >= 11 is 3.43. The minimum Gasteiger partial charge on any atom is -0.485 e. The van der Waals surface area contributed by atoms with Crippen LogP contribution in [-0.2, 0) is 0 Å². The fourth-order valence-electron chi connectivity index (χ4n) is 1.80. The average molecular weight is 335 g/mol. The van der Waals surface area contributed by atoms with Gasteiger partial charge in [0.05, 0.1) is 4.47 Å². The molecule has 0 radical (unpaired) electrons. The van der Waals surface area contributed by atoms with Crippen molar-refractivity contribution in [2.75, 3.05) is 0 Å². The molecular weight excluding hydrogens is 320 g/mol. The molecule has 4 nitrogen and oxygen atoms in total. The molecule has 0 saturated heterocycles. The zero-order chi connectivity index (χ0) is 14.5. The van der Waals surface area contributed by atoms with E-state index in [2.05, 4.69) is 21.1 Å². The van der Waals surface area contributed by atoms with Crippen LogP contribution in [0.15, 0.2) is 58.2 Å². The lowest BCUT2D eigenvalue weighted by Gasteiger charge is -2.16. The Morgan fingerprint density at radius 2 is 1.95 bits per heavy atom. The number of hydrogen-bond acceptors (Lipinski definition) is 3. The minimum absolute atomic E-state index is 0.0633. The van der Waals surface area contributed by atoms with Gasteiger partial charge in [-0.3, -0.25) is 0 Å². The maximum absolute atomic E-state index is 8.66. The van der Waals surface area contributed by atoms with Gasteiger partial charge in [-0.2, -0.15) is 0 Å². The molecule has 0 aromatic heterocycles. The molecule has 0 spiro atoms. The molecule has 0 fully saturated rings. The van der Waals surface area contributed by atoms with E-state index in [1.807, 2.05) is 37.3 Å². The van der Waals surface area contributed by atoms with E-state index in [0.29, 0.717) is 11.3 Å². The van der Waals surface area contributed by atoms with E-state index >= 15 is 0 Å². The van der Waals surface area contributed by atoms with Gasteiger partial charge in [0.1, 0.15) is 11.9 Å². The Morgan fingerprint density at radius 1 is 1.25 bits per heavy atom. The summed E-state index contributed by atoms with van der Waals surface area (Å²) in [6.07, 6.45) is -0.0674. The number of halogens is 1. The summed E-state index contributed by atoms with van der Waals surface area (Å²) in [7, 11) is 0. The second-order valence-electron chi connectivity index (χ2n) is 4.30. The summed E-state index contributed by atoms with van der Waals surface area (Å²) in [6, 6.07) is 15.2. The van der Waals surface area contributed by atoms with Crippen LogP contribution in [0.2, 0.25) is 0 Å². The SMILES string of the molecule is CC(Oc1ccc(/C(N)=N/O)cc1Br)c1ccccc1. The van der Waals surface area contributed by atoms with Crippen molar-refractivity contribution in [1.82, 2.24) is 0 Å². The summed E-state index contributed by atoms with van der Waals surface area (Å²) in [4.78, 5) is 0. The first-order valence-corrected chi connectivity index (χ1v) is 6.90. The molecule has 0 aliphatic heterocycles. The lowest BCUT2D eigenvalue weighted by Crippen LogP contribution is -2.13. The predicted molar refractivity (Wildman–Crippen MR) is 82.1 cm³/mol. The molecular formula is C15H15BrN2O2. The van der Waals surface area contributed by atoms with Crippen molar-refractivity contribution in [2.24, 2.45) is 10.9 Å². The van der Waals surface area contributed by atoms with Gasteiger partial charge in [-0.25, -0.2) is 0 Å². The number of nitrogens with two attached hydrogens (primary N) is 1. The molecule has 0 heterocycles. The molecule has 2 aromatic carbocycles. The largest absolute Gasteiger partial charge is 0.485 e. The zero-order valence-corrected chi connectivity index (χ0v) is 12.5. The first-order chi connectivity index (χ1) is 9.61. The number of benzene rings is 2. The highest BCUT2D eigenvalue weighted by molar-refractivity contribution is 9.10. The lowest BCUT2D eigenvalue weighted by atomic mass is 10.1. The average Bonchev–Trinajstić information content (AvgIpc) is 2.49. The summed E-state index contributed by atoms with van der Waals surface area (Å²) in [5, 5.41) is 11.6. The smallest absolute Gasteiger partial charge is 0.170 e. The molecule has 1 unspecified atom stereocenters. The van der Waals surface area contributed by atoms with E-state index in [0.717, 1.165) is 10.0 Å². The number of nitrogens with zero attached hydrogens (tertiary/aromatic N) is 1. The number of hydrogen-bond donors (Lipinski definition) is 2.